The molecule has 1 aromatic heterocycles. The SMILES string of the molecule is Cc1cc(C)cc(S(=O)(=O)Nc2ccc3nc(N4CCN(c5ccccc5F)CC4)cc(C(=O)O)c3c2)c1. The van der Waals surface area contributed by atoms with Gasteiger partial charge in [-0.15, -0.1) is 0 Å². The molecule has 0 radical (unpaired) electrons. The van der Waals surface area contributed by atoms with Crippen LogP contribution < -0.4 is 14.5 Å². The first-order valence-electron chi connectivity index (χ1n) is 12.1. The lowest BCUT2D eigenvalue weighted by molar-refractivity contribution is 0.0699. The summed E-state index contributed by atoms with van der Waals surface area (Å²) in [6.45, 7) is 5.85. The Balaban J connectivity index is 1.42. The predicted molar refractivity (Wildman–Crippen MR) is 146 cm³/mol. The van der Waals surface area contributed by atoms with Gasteiger partial charge in [0.05, 0.1) is 21.7 Å². The number of piperazine rings is 1. The van der Waals surface area contributed by atoms with Crippen molar-refractivity contribution in [1.82, 2.24) is 4.98 Å². The summed E-state index contributed by atoms with van der Waals surface area (Å²) in [5.74, 6) is -0.911. The van der Waals surface area contributed by atoms with Crippen LogP contribution in [0.1, 0.15) is 21.5 Å². The third kappa shape index (κ3) is 5.12. The van der Waals surface area contributed by atoms with E-state index >= 15 is 0 Å². The number of sulfonamides is 1. The van der Waals surface area contributed by atoms with Crippen molar-refractivity contribution < 1.29 is 22.7 Å². The van der Waals surface area contributed by atoms with Crippen LogP contribution in [0.25, 0.3) is 10.9 Å². The molecule has 10 heteroatoms. The number of aromatic nitrogens is 1. The molecule has 0 saturated carbocycles. The van der Waals surface area contributed by atoms with E-state index in [1.807, 2.05) is 29.7 Å². The summed E-state index contributed by atoms with van der Waals surface area (Å²) in [5, 5.41) is 10.3. The molecule has 0 aliphatic carbocycles. The van der Waals surface area contributed by atoms with Gasteiger partial charge in [0, 0.05) is 37.3 Å². The molecule has 0 bridgehead atoms. The summed E-state index contributed by atoms with van der Waals surface area (Å²) in [7, 11) is -3.87. The highest BCUT2D eigenvalue weighted by Gasteiger charge is 2.23. The number of halogens is 1. The molecule has 1 aliphatic heterocycles. The summed E-state index contributed by atoms with van der Waals surface area (Å²) in [6.07, 6.45) is 0. The number of carbonyl (C=O) groups is 1. The van der Waals surface area contributed by atoms with Crippen LogP contribution in [-0.4, -0.2) is 50.7 Å². The van der Waals surface area contributed by atoms with Crippen LogP contribution >= 0.6 is 0 Å². The highest BCUT2D eigenvalue weighted by molar-refractivity contribution is 7.92. The Kier molecular flexibility index (Phi) is 6.66. The lowest BCUT2D eigenvalue weighted by Crippen LogP contribution is -2.47. The lowest BCUT2D eigenvalue weighted by Gasteiger charge is -2.37. The van der Waals surface area contributed by atoms with Gasteiger partial charge in [-0.05, 0) is 73.5 Å². The maximum absolute atomic E-state index is 14.2. The number of para-hydroxylation sites is 1. The van der Waals surface area contributed by atoms with Crippen molar-refractivity contribution in [2.75, 3.05) is 40.7 Å². The molecular formula is C28H27FN4O4S. The molecule has 0 amide bonds. The van der Waals surface area contributed by atoms with Gasteiger partial charge in [0.1, 0.15) is 11.6 Å². The van der Waals surface area contributed by atoms with Gasteiger partial charge in [-0.1, -0.05) is 18.2 Å². The number of carboxylic acids is 1. The Labute approximate surface area is 220 Å². The lowest BCUT2D eigenvalue weighted by atomic mass is 10.1. The number of rotatable bonds is 6. The molecule has 1 fully saturated rings. The molecule has 2 N–H and O–H groups in total. The fraction of sp³-hybridized carbons (Fsp3) is 0.214. The average Bonchev–Trinajstić information content (AvgIpc) is 2.87. The third-order valence-corrected chi connectivity index (χ3v) is 7.94. The molecule has 0 atom stereocenters. The molecule has 0 spiro atoms. The van der Waals surface area contributed by atoms with Gasteiger partial charge in [0.2, 0.25) is 0 Å². The van der Waals surface area contributed by atoms with Gasteiger partial charge >= 0.3 is 5.97 Å². The van der Waals surface area contributed by atoms with Gasteiger partial charge in [-0.2, -0.15) is 0 Å². The van der Waals surface area contributed by atoms with E-state index in [1.54, 1.807) is 42.5 Å². The maximum atomic E-state index is 14.2. The van der Waals surface area contributed by atoms with Crippen LogP contribution in [0, 0.1) is 19.7 Å². The minimum Gasteiger partial charge on any atom is -0.478 e. The molecule has 8 nitrogen and oxygen atoms in total. The van der Waals surface area contributed by atoms with Crippen molar-refractivity contribution in [3.05, 3.63) is 89.2 Å². The second-order valence-corrected chi connectivity index (χ2v) is 11.1. The minimum atomic E-state index is -3.87. The zero-order valence-corrected chi connectivity index (χ0v) is 21.8. The van der Waals surface area contributed by atoms with E-state index in [0.29, 0.717) is 48.6 Å². The van der Waals surface area contributed by atoms with E-state index in [9.17, 15) is 22.7 Å². The standard InChI is InChI=1S/C28H27FN4O4S/c1-18-13-19(2)15-21(14-18)38(36,37)31-20-7-8-25-22(16-20)23(28(34)35)17-27(30-25)33-11-9-32(10-12-33)26-6-4-3-5-24(26)29/h3-8,13-17,31H,9-12H2,1-2H3,(H,34,35). The number of aryl methyl sites for hydroxylation is 2. The largest absolute Gasteiger partial charge is 0.478 e. The Morgan fingerprint density at radius 3 is 2.24 bits per heavy atom. The van der Waals surface area contributed by atoms with Crippen molar-refractivity contribution >= 4 is 44.1 Å². The van der Waals surface area contributed by atoms with Gasteiger partial charge < -0.3 is 14.9 Å². The van der Waals surface area contributed by atoms with E-state index < -0.39 is 16.0 Å². The topological polar surface area (TPSA) is 103 Å². The molecule has 2 heterocycles. The quantitative estimate of drug-likeness (QED) is 0.366. The Bertz CT molecular complexity index is 1630. The summed E-state index contributed by atoms with van der Waals surface area (Å²) in [6, 6.07) is 17.9. The first-order chi connectivity index (χ1) is 18.1. The Morgan fingerprint density at radius 2 is 1.58 bits per heavy atom. The second kappa shape index (κ2) is 9.94. The minimum absolute atomic E-state index is 0.0222. The molecule has 5 rings (SSSR count). The van der Waals surface area contributed by atoms with Gasteiger partial charge in [0.15, 0.2) is 0 Å². The first-order valence-corrected chi connectivity index (χ1v) is 13.6. The number of aromatic carboxylic acids is 1. The van der Waals surface area contributed by atoms with Crippen LogP contribution in [0.5, 0.6) is 0 Å². The average molecular weight is 535 g/mol. The zero-order valence-electron chi connectivity index (χ0n) is 21.0. The van der Waals surface area contributed by atoms with E-state index in [-0.39, 0.29) is 22.0 Å². The number of hydrogen-bond donors (Lipinski definition) is 2. The van der Waals surface area contributed by atoms with Crippen molar-refractivity contribution in [2.45, 2.75) is 18.7 Å². The monoisotopic (exact) mass is 534 g/mol. The highest BCUT2D eigenvalue weighted by atomic mass is 32.2. The molecule has 0 unspecified atom stereocenters. The molecule has 4 aromatic rings. The summed E-state index contributed by atoms with van der Waals surface area (Å²) in [4.78, 5) is 20.9. The van der Waals surface area contributed by atoms with Gasteiger partial charge in [0.25, 0.3) is 10.0 Å². The van der Waals surface area contributed by atoms with E-state index in [4.69, 9.17) is 0 Å². The second-order valence-electron chi connectivity index (χ2n) is 9.42. The number of carboxylic acid groups (broad SMARTS) is 1. The number of fused-ring (bicyclic) bond motifs is 1. The smallest absolute Gasteiger partial charge is 0.336 e. The molecule has 1 saturated heterocycles. The fourth-order valence-electron chi connectivity index (χ4n) is 4.80. The van der Waals surface area contributed by atoms with Crippen LogP contribution in [0.15, 0.2) is 71.6 Å². The fourth-order valence-corrected chi connectivity index (χ4v) is 6.04. The van der Waals surface area contributed by atoms with Crippen molar-refractivity contribution in [1.29, 1.82) is 0 Å². The number of benzene rings is 3. The van der Waals surface area contributed by atoms with Gasteiger partial charge in [-0.3, -0.25) is 4.72 Å². The number of anilines is 3. The Hall–Kier alpha value is -4.18. The summed E-state index contributed by atoms with van der Waals surface area (Å²) >= 11 is 0. The van der Waals surface area contributed by atoms with Crippen LogP contribution in [-0.2, 0) is 10.0 Å². The van der Waals surface area contributed by atoms with Crippen LogP contribution in [0.4, 0.5) is 21.6 Å². The zero-order chi connectivity index (χ0) is 27.0. The molecule has 196 valence electrons. The van der Waals surface area contributed by atoms with Crippen molar-refractivity contribution in [3.8, 4) is 0 Å². The normalized spacial score (nSPS) is 14.1. The van der Waals surface area contributed by atoms with Crippen molar-refractivity contribution in [3.63, 3.8) is 0 Å². The predicted octanol–water partition coefficient (Wildman–Crippen LogP) is 4.82. The number of hydrogen-bond acceptors (Lipinski definition) is 6. The van der Waals surface area contributed by atoms with E-state index in [1.165, 1.54) is 18.2 Å². The third-order valence-electron chi connectivity index (χ3n) is 6.58. The van der Waals surface area contributed by atoms with Crippen LogP contribution in [0.2, 0.25) is 0 Å². The van der Waals surface area contributed by atoms with Crippen LogP contribution in [0.3, 0.4) is 0 Å². The molecular weight excluding hydrogens is 507 g/mol. The van der Waals surface area contributed by atoms with E-state index in [0.717, 1.165) is 11.1 Å². The maximum Gasteiger partial charge on any atom is 0.336 e. The summed E-state index contributed by atoms with van der Waals surface area (Å²) in [5.41, 5.74) is 2.89. The highest BCUT2D eigenvalue weighted by Crippen LogP contribution is 2.29. The number of nitrogens with one attached hydrogen (secondary N) is 1. The van der Waals surface area contributed by atoms with Crippen molar-refractivity contribution in [2.24, 2.45) is 0 Å². The van der Waals surface area contributed by atoms with Gasteiger partial charge in [-0.25, -0.2) is 22.6 Å². The molecule has 3 aromatic carbocycles. The Morgan fingerprint density at radius 1 is 0.921 bits per heavy atom. The van der Waals surface area contributed by atoms with E-state index in [2.05, 4.69) is 9.71 Å². The first kappa shape index (κ1) is 25.5. The molecule has 1 aliphatic rings. The number of nitrogens with zero attached hydrogens (tertiary/aromatic N) is 3. The number of pyridine rings is 1. The summed E-state index contributed by atoms with van der Waals surface area (Å²) < 4.78 is 42.7. The molecule has 38 heavy (non-hydrogen) atoms.